The number of thiophene rings is 1. The molecule has 0 aliphatic heterocycles. The van der Waals surface area contributed by atoms with Gasteiger partial charge < -0.3 is 0 Å². The second kappa shape index (κ2) is 13.6. The van der Waals surface area contributed by atoms with Crippen LogP contribution in [0.15, 0.2) is 212 Å². The van der Waals surface area contributed by atoms with Crippen LogP contribution in [-0.4, -0.2) is 15.0 Å². The topological polar surface area (TPSA) is 38.7 Å². The second-order valence-corrected chi connectivity index (χ2v) is 17.3. The molecule has 0 saturated heterocycles. The summed E-state index contributed by atoms with van der Waals surface area (Å²) in [5, 5.41) is 2.60. The predicted octanol–water partition coefficient (Wildman–Crippen LogP) is 14.9. The van der Waals surface area contributed by atoms with E-state index in [0.29, 0.717) is 17.5 Å². The average molecular weight is 806 g/mol. The third-order valence-electron chi connectivity index (χ3n) is 13.0. The number of aromatic nitrogens is 3. The predicted molar refractivity (Wildman–Crippen MR) is 256 cm³/mol. The van der Waals surface area contributed by atoms with Crippen molar-refractivity contribution in [2.45, 2.75) is 5.41 Å². The molecule has 1 spiro atoms. The van der Waals surface area contributed by atoms with Crippen LogP contribution in [0.4, 0.5) is 0 Å². The SMILES string of the molecule is c1ccc(-c2nc(-c3ccc(-c4cccc5c4C4(c6ccccc6-c6ccccc64)c4ccccc4-5)cc3)nc(-c3ccc(-c4cccc5sc6ccccc6c45)cc3)n2)cc1. The Balaban J connectivity index is 0.925. The summed E-state index contributed by atoms with van der Waals surface area (Å²) in [7, 11) is 0. The van der Waals surface area contributed by atoms with Gasteiger partial charge >= 0.3 is 0 Å². The van der Waals surface area contributed by atoms with Gasteiger partial charge in [0.05, 0.1) is 5.41 Å². The lowest BCUT2D eigenvalue weighted by molar-refractivity contribution is 0.796. The summed E-state index contributed by atoms with van der Waals surface area (Å²) in [6, 6.07) is 76.7. The molecular weight excluding hydrogens is 771 g/mol. The molecule has 0 fully saturated rings. The minimum absolute atomic E-state index is 0.429. The molecule has 0 radical (unpaired) electrons. The van der Waals surface area contributed by atoms with Gasteiger partial charge in [-0.25, -0.2) is 15.0 Å². The van der Waals surface area contributed by atoms with Crippen molar-refractivity contribution in [1.29, 1.82) is 0 Å². The molecule has 0 atom stereocenters. The van der Waals surface area contributed by atoms with Crippen LogP contribution in [0.3, 0.4) is 0 Å². The highest BCUT2D eigenvalue weighted by molar-refractivity contribution is 7.25. The fraction of sp³-hybridized carbons (Fsp3) is 0.0172. The van der Waals surface area contributed by atoms with Gasteiger partial charge in [-0.15, -0.1) is 11.3 Å². The molecule has 0 N–H and O–H groups in total. The first-order valence-electron chi connectivity index (χ1n) is 21.1. The largest absolute Gasteiger partial charge is 0.208 e. The van der Waals surface area contributed by atoms with Gasteiger partial charge in [-0.1, -0.05) is 200 Å². The van der Waals surface area contributed by atoms with Gasteiger partial charge in [0, 0.05) is 36.9 Å². The van der Waals surface area contributed by atoms with Crippen LogP contribution in [0.5, 0.6) is 0 Å². The molecular formula is C58H35N3S. The smallest absolute Gasteiger partial charge is 0.164 e. The molecule has 288 valence electrons. The summed E-state index contributed by atoms with van der Waals surface area (Å²) >= 11 is 1.84. The number of hydrogen-bond acceptors (Lipinski definition) is 4. The first-order chi connectivity index (χ1) is 30.7. The Kier molecular flexibility index (Phi) is 7.69. The Morgan fingerprint density at radius 1 is 0.290 bits per heavy atom. The fourth-order valence-electron chi connectivity index (χ4n) is 10.4. The zero-order valence-corrected chi connectivity index (χ0v) is 34.3. The van der Waals surface area contributed by atoms with Crippen molar-refractivity contribution in [1.82, 2.24) is 15.0 Å². The normalized spacial score (nSPS) is 13.0. The van der Waals surface area contributed by atoms with Crippen LogP contribution < -0.4 is 0 Å². The van der Waals surface area contributed by atoms with Gasteiger partial charge in [0.1, 0.15) is 0 Å². The molecule has 11 aromatic rings. The van der Waals surface area contributed by atoms with Gasteiger partial charge in [0.2, 0.25) is 0 Å². The fourth-order valence-corrected chi connectivity index (χ4v) is 11.5. The number of rotatable bonds is 5. The van der Waals surface area contributed by atoms with Crippen molar-refractivity contribution < 1.29 is 0 Å². The van der Waals surface area contributed by atoms with E-state index in [1.165, 1.54) is 75.8 Å². The molecule has 0 unspecified atom stereocenters. The first-order valence-corrected chi connectivity index (χ1v) is 21.9. The van der Waals surface area contributed by atoms with Crippen molar-refractivity contribution in [3.63, 3.8) is 0 Å². The summed E-state index contributed by atoms with van der Waals surface area (Å²) in [5.41, 5.74) is 17.7. The first kappa shape index (κ1) is 35.0. The Labute approximate surface area is 363 Å². The van der Waals surface area contributed by atoms with E-state index in [9.17, 15) is 0 Å². The zero-order valence-electron chi connectivity index (χ0n) is 33.5. The van der Waals surface area contributed by atoms with E-state index >= 15 is 0 Å². The van der Waals surface area contributed by atoms with E-state index in [0.717, 1.165) is 27.8 Å². The molecule has 2 heterocycles. The maximum Gasteiger partial charge on any atom is 0.164 e. The summed E-state index contributed by atoms with van der Waals surface area (Å²) in [6.07, 6.45) is 0. The quantitative estimate of drug-likeness (QED) is 0.174. The minimum atomic E-state index is -0.429. The molecule has 0 bridgehead atoms. The summed E-state index contributed by atoms with van der Waals surface area (Å²) < 4.78 is 2.60. The Hall–Kier alpha value is -7.79. The van der Waals surface area contributed by atoms with E-state index < -0.39 is 5.41 Å². The maximum absolute atomic E-state index is 5.16. The van der Waals surface area contributed by atoms with E-state index in [1.54, 1.807) is 0 Å². The van der Waals surface area contributed by atoms with E-state index in [4.69, 9.17) is 15.0 Å². The molecule has 9 aromatic carbocycles. The third kappa shape index (κ3) is 5.08. The van der Waals surface area contributed by atoms with Crippen LogP contribution in [0, 0.1) is 0 Å². The zero-order chi connectivity index (χ0) is 40.8. The van der Waals surface area contributed by atoms with Gasteiger partial charge in [0.25, 0.3) is 0 Å². The third-order valence-corrected chi connectivity index (χ3v) is 14.1. The molecule has 2 aliphatic carbocycles. The van der Waals surface area contributed by atoms with Crippen LogP contribution >= 0.6 is 11.3 Å². The second-order valence-electron chi connectivity index (χ2n) is 16.2. The van der Waals surface area contributed by atoms with Crippen LogP contribution in [-0.2, 0) is 5.41 Å². The molecule has 13 rings (SSSR count). The molecule has 0 amide bonds. The van der Waals surface area contributed by atoms with E-state index in [1.807, 2.05) is 29.5 Å². The van der Waals surface area contributed by atoms with Crippen molar-refractivity contribution in [3.8, 4) is 78.7 Å². The van der Waals surface area contributed by atoms with Gasteiger partial charge in [-0.2, -0.15) is 0 Å². The molecule has 2 aliphatic rings. The van der Waals surface area contributed by atoms with Crippen LogP contribution in [0.1, 0.15) is 22.3 Å². The van der Waals surface area contributed by atoms with Crippen molar-refractivity contribution >= 4 is 31.5 Å². The Morgan fingerprint density at radius 3 is 1.31 bits per heavy atom. The molecule has 3 nitrogen and oxygen atoms in total. The van der Waals surface area contributed by atoms with Gasteiger partial charge in [-0.3, -0.25) is 0 Å². The van der Waals surface area contributed by atoms with Crippen molar-refractivity contribution in [3.05, 3.63) is 235 Å². The Bertz CT molecular complexity index is 3500. The minimum Gasteiger partial charge on any atom is -0.208 e. The number of benzene rings is 9. The average Bonchev–Trinajstić information content (AvgIpc) is 3.99. The van der Waals surface area contributed by atoms with Crippen molar-refractivity contribution in [2.75, 3.05) is 0 Å². The molecule has 4 heteroatoms. The highest BCUT2D eigenvalue weighted by atomic mass is 32.1. The van der Waals surface area contributed by atoms with E-state index in [2.05, 4.69) is 194 Å². The monoisotopic (exact) mass is 805 g/mol. The lowest BCUT2D eigenvalue weighted by Crippen LogP contribution is -2.26. The van der Waals surface area contributed by atoms with Gasteiger partial charge in [0.15, 0.2) is 17.5 Å². The van der Waals surface area contributed by atoms with Crippen LogP contribution in [0.2, 0.25) is 0 Å². The number of nitrogens with zero attached hydrogens (tertiary/aromatic N) is 3. The van der Waals surface area contributed by atoms with Crippen LogP contribution in [0.25, 0.3) is 98.8 Å². The molecule has 62 heavy (non-hydrogen) atoms. The molecule has 2 aromatic heterocycles. The van der Waals surface area contributed by atoms with Crippen molar-refractivity contribution in [2.24, 2.45) is 0 Å². The van der Waals surface area contributed by atoms with E-state index in [-0.39, 0.29) is 0 Å². The maximum atomic E-state index is 5.16. The summed E-state index contributed by atoms with van der Waals surface area (Å²) in [4.78, 5) is 15.3. The Morgan fingerprint density at radius 2 is 0.694 bits per heavy atom. The summed E-state index contributed by atoms with van der Waals surface area (Å²) in [6.45, 7) is 0. The molecule has 0 saturated carbocycles. The highest BCUT2D eigenvalue weighted by Crippen LogP contribution is 2.64. The van der Waals surface area contributed by atoms with Gasteiger partial charge in [-0.05, 0) is 78.9 Å². The highest BCUT2D eigenvalue weighted by Gasteiger charge is 2.52. The summed E-state index contributed by atoms with van der Waals surface area (Å²) in [5.74, 6) is 1.93. The lowest BCUT2D eigenvalue weighted by Gasteiger charge is -2.32. The number of fused-ring (bicyclic) bond motifs is 13. The lowest BCUT2D eigenvalue weighted by atomic mass is 9.68. The number of hydrogen-bond donors (Lipinski definition) is 0. The standard InChI is InChI=1S/C58H35N3S/c1-2-14-38(15-3-1)55-59-56(39-32-28-36(29-33-39)41-20-13-27-52-53(41)47-19-7-11-26-51(47)62-52)61-57(60-55)40-34-30-37(31-35-40)42-21-12-22-46-45-18-6-10-25-50(45)58(54(42)46)48-23-8-4-16-43(48)44-17-5-9-24-49(44)58/h1-35H.